The number of likely N-dealkylation sites (tertiary alicyclic amines) is 1. The van der Waals surface area contributed by atoms with Gasteiger partial charge < -0.3 is 19.0 Å². The number of aryl methyl sites for hydroxylation is 1. The molecule has 3 aromatic rings. The Morgan fingerprint density at radius 3 is 2.77 bits per heavy atom. The summed E-state index contributed by atoms with van der Waals surface area (Å²) < 4.78 is 11.9. The minimum Gasteiger partial charge on any atom is -0.493 e. The molecule has 1 aromatic carbocycles. The van der Waals surface area contributed by atoms with Crippen molar-refractivity contribution in [3.8, 4) is 5.75 Å². The predicted octanol–water partition coefficient (Wildman–Crippen LogP) is 4.19. The average Bonchev–Trinajstić information content (AvgIpc) is 3.31. The van der Waals surface area contributed by atoms with E-state index in [-0.39, 0.29) is 34.5 Å². The smallest absolute Gasteiger partial charge is 0.265 e. The second-order valence-corrected chi connectivity index (χ2v) is 13.0. The number of hydrogen-bond donors (Lipinski definition) is 0. The first-order valence-electron chi connectivity index (χ1n) is 13.6. The summed E-state index contributed by atoms with van der Waals surface area (Å²) >= 11 is 1.33. The Morgan fingerprint density at radius 1 is 1.26 bits per heavy atom. The van der Waals surface area contributed by atoms with Crippen LogP contribution < -0.4 is 4.74 Å². The highest BCUT2D eigenvalue weighted by atomic mass is 32.1. The Hall–Kier alpha value is -3.27. The minimum atomic E-state index is -0.378. The fourth-order valence-electron chi connectivity index (χ4n) is 6.02. The second-order valence-electron chi connectivity index (χ2n) is 12.2. The van der Waals surface area contributed by atoms with Crippen LogP contribution in [0.4, 0.5) is 0 Å². The summed E-state index contributed by atoms with van der Waals surface area (Å²) in [6.45, 7) is 8.72. The Kier molecular flexibility index (Phi) is 6.48. The zero-order chi connectivity index (χ0) is 27.4. The highest BCUT2D eigenvalue weighted by Gasteiger charge is 2.58. The van der Waals surface area contributed by atoms with E-state index >= 15 is 0 Å². The maximum absolute atomic E-state index is 13.1. The van der Waals surface area contributed by atoms with Gasteiger partial charge in [0.15, 0.2) is 0 Å². The van der Waals surface area contributed by atoms with Crippen molar-refractivity contribution >= 4 is 23.2 Å². The molecule has 2 atom stereocenters. The molecule has 1 saturated carbocycles. The molecule has 39 heavy (non-hydrogen) atoms. The van der Waals surface area contributed by atoms with Crippen LogP contribution in [0.3, 0.4) is 0 Å². The van der Waals surface area contributed by atoms with Gasteiger partial charge in [-0.05, 0) is 41.9 Å². The fourth-order valence-corrected chi connectivity index (χ4v) is 6.63. The van der Waals surface area contributed by atoms with Gasteiger partial charge in [-0.15, -0.1) is 21.5 Å². The van der Waals surface area contributed by atoms with E-state index in [0.717, 1.165) is 37.2 Å². The van der Waals surface area contributed by atoms with Crippen LogP contribution in [0.2, 0.25) is 0 Å². The number of aromatic nitrogens is 3. The molecule has 1 saturated heterocycles. The third-order valence-corrected chi connectivity index (χ3v) is 9.54. The molecular weight excluding hydrogens is 514 g/mol. The number of rotatable bonds is 8. The van der Waals surface area contributed by atoms with E-state index in [4.69, 9.17) is 9.15 Å². The lowest BCUT2D eigenvalue weighted by atomic mass is 9.69. The normalized spacial score (nSPS) is 21.3. The monoisotopic (exact) mass is 549 g/mol. The Bertz CT molecular complexity index is 1380. The molecule has 2 aromatic heterocycles. The standard InChI is InChI=1S/C29H35N5O4S/c1-18(25-32-31-24(38-25)11-19-7-8-22-20(10-19)6-5-9-37-22)29(14-33(4)27(36)23-13-30-17-39-23)15-34(16-29)26(35)21-12-28(21,2)3/h7-8,10,13,17-18,21H,5-6,9,11-12,14-16H2,1-4H3/t18?,21-/m1/s1. The molecule has 1 unspecified atom stereocenters. The number of nitrogens with zero attached hydrogens (tertiary/aromatic N) is 5. The zero-order valence-corrected chi connectivity index (χ0v) is 23.8. The molecule has 2 amide bonds. The third-order valence-electron chi connectivity index (χ3n) is 8.78. The van der Waals surface area contributed by atoms with Crippen LogP contribution in [0.25, 0.3) is 0 Å². The highest BCUT2D eigenvalue weighted by Crippen LogP contribution is 2.54. The Morgan fingerprint density at radius 2 is 2.05 bits per heavy atom. The van der Waals surface area contributed by atoms with Crippen LogP contribution in [0, 0.1) is 16.7 Å². The molecule has 2 fully saturated rings. The molecule has 3 aliphatic rings. The number of carbonyl (C=O) groups excluding carboxylic acids is 2. The van der Waals surface area contributed by atoms with Crippen molar-refractivity contribution in [3.63, 3.8) is 0 Å². The summed E-state index contributed by atoms with van der Waals surface area (Å²) in [5, 5.41) is 8.80. The first-order chi connectivity index (χ1) is 18.6. The second kappa shape index (κ2) is 9.73. The maximum Gasteiger partial charge on any atom is 0.265 e. The van der Waals surface area contributed by atoms with Gasteiger partial charge in [0.05, 0.1) is 24.7 Å². The fraction of sp³-hybridized carbons (Fsp3) is 0.552. The molecule has 6 rings (SSSR count). The van der Waals surface area contributed by atoms with E-state index in [1.165, 1.54) is 16.9 Å². The van der Waals surface area contributed by atoms with Gasteiger partial charge in [0.1, 0.15) is 10.6 Å². The van der Waals surface area contributed by atoms with Crippen molar-refractivity contribution in [2.24, 2.45) is 16.7 Å². The zero-order valence-electron chi connectivity index (χ0n) is 23.0. The molecule has 0 N–H and O–H groups in total. The average molecular weight is 550 g/mol. The SMILES string of the molecule is CC(c1nnc(Cc2ccc3c(c2)CCCO3)o1)C1(CN(C)C(=O)c2cncs2)CN(C(=O)[C@H]2CC2(C)C)C1. The van der Waals surface area contributed by atoms with Gasteiger partial charge in [-0.2, -0.15) is 0 Å². The van der Waals surface area contributed by atoms with E-state index in [9.17, 15) is 9.59 Å². The van der Waals surface area contributed by atoms with E-state index in [2.05, 4.69) is 42.0 Å². The van der Waals surface area contributed by atoms with E-state index in [1.807, 2.05) is 24.1 Å². The lowest BCUT2D eigenvalue weighted by Crippen LogP contribution is -2.65. The minimum absolute atomic E-state index is 0.0696. The van der Waals surface area contributed by atoms with E-state index in [0.29, 0.717) is 42.7 Å². The number of benzene rings is 1. The maximum atomic E-state index is 13.1. The van der Waals surface area contributed by atoms with Gasteiger partial charge in [-0.1, -0.05) is 32.9 Å². The van der Waals surface area contributed by atoms with Gasteiger partial charge in [0, 0.05) is 43.9 Å². The molecule has 10 heteroatoms. The van der Waals surface area contributed by atoms with E-state index in [1.54, 1.807) is 16.6 Å². The Balaban J connectivity index is 1.19. The molecule has 1 aliphatic carbocycles. The molecule has 0 radical (unpaired) electrons. The van der Waals surface area contributed by atoms with E-state index < -0.39 is 0 Å². The van der Waals surface area contributed by atoms with Crippen LogP contribution in [0.15, 0.2) is 34.3 Å². The van der Waals surface area contributed by atoms with Crippen molar-refractivity contribution in [2.75, 3.05) is 33.3 Å². The molecule has 0 spiro atoms. The number of ether oxygens (including phenoxy) is 1. The lowest BCUT2D eigenvalue weighted by molar-refractivity contribution is -0.148. The quantitative estimate of drug-likeness (QED) is 0.415. The highest BCUT2D eigenvalue weighted by molar-refractivity contribution is 7.11. The summed E-state index contributed by atoms with van der Waals surface area (Å²) in [7, 11) is 1.81. The largest absolute Gasteiger partial charge is 0.493 e. The molecule has 206 valence electrons. The number of amides is 2. The topological polar surface area (TPSA) is 102 Å². The van der Waals surface area contributed by atoms with Crippen LogP contribution in [-0.4, -0.2) is 70.1 Å². The van der Waals surface area contributed by atoms with Crippen LogP contribution in [-0.2, 0) is 17.6 Å². The van der Waals surface area contributed by atoms with Crippen molar-refractivity contribution < 1.29 is 18.7 Å². The summed E-state index contributed by atoms with van der Waals surface area (Å²) in [4.78, 5) is 34.5. The predicted molar refractivity (Wildman–Crippen MR) is 146 cm³/mol. The molecular formula is C29H35N5O4S. The van der Waals surface area contributed by atoms with Crippen LogP contribution in [0.1, 0.15) is 72.1 Å². The van der Waals surface area contributed by atoms with Crippen molar-refractivity contribution in [1.29, 1.82) is 0 Å². The summed E-state index contributed by atoms with van der Waals surface area (Å²) in [6, 6.07) is 6.24. The van der Waals surface area contributed by atoms with Crippen LogP contribution in [0.5, 0.6) is 5.75 Å². The summed E-state index contributed by atoms with van der Waals surface area (Å²) in [5.74, 6) is 2.15. The first-order valence-corrected chi connectivity index (χ1v) is 14.5. The number of carbonyl (C=O) groups is 2. The van der Waals surface area contributed by atoms with Crippen molar-refractivity contribution in [3.05, 3.63) is 57.7 Å². The Labute approximate surface area is 232 Å². The number of thiazole rings is 1. The lowest BCUT2D eigenvalue weighted by Gasteiger charge is -2.54. The van der Waals surface area contributed by atoms with Gasteiger partial charge in [-0.25, -0.2) is 0 Å². The third kappa shape index (κ3) is 4.95. The number of hydrogen-bond acceptors (Lipinski definition) is 8. The van der Waals surface area contributed by atoms with Gasteiger partial charge in [0.2, 0.25) is 17.7 Å². The summed E-state index contributed by atoms with van der Waals surface area (Å²) in [6.07, 6.45) is 5.11. The molecule has 4 heterocycles. The van der Waals surface area contributed by atoms with Crippen molar-refractivity contribution in [1.82, 2.24) is 25.0 Å². The van der Waals surface area contributed by atoms with Gasteiger partial charge in [0.25, 0.3) is 5.91 Å². The molecule has 2 aliphatic heterocycles. The first kappa shape index (κ1) is 26.0. The molecule has 0 bridgehead atoms. The van der Waals surface area contributed by atoms with Gasteiger partial charge >= 0.3 is 0 Å². The summed E-state index contributed by atoms with van der Waals surface area (Å²) in [5.41, 5.74) is 3.69. The van der Waals surface area contributed by atoms with Gasteiger partial charge in [-0.3, -0.25) is 14.6 Å². The van der Waals surface area contributed by atoms with Crippen molar-refractivity contribution in [2.45, 2.75) is 52.4 Å². The number of fused-ring (bicyclic) bond motifs is 1. The molecule has 9 nitrogen and oxygen atoms in total. The van der Waals surface area contributed by atoms with Crippen LogP contribution >= 0.6 is 11.3 Å².